The molecular weight excluding hydrogens is 302 g/mol. The van der Waals surface area contributed by atoms with Gasteiger partial charge in [0.15, 0.2) is 0 Å². The highest BCUT2D eigenvalue weighted by molar-refractivity contribution is 7.20. The fraction of sp³-hybridized carbons (Fsp3) is 0.125. The van der Waals surface area contributed by atoms with Gasteiger partial charge < -0.3 is 5.43 Å². The standard InChI is InChI=1S/C16H12ClN3S/c17-11-7-5-10(6-8-11)13-9-14(20-19-13)16-18-12-3-1-2-4-15(12)21-16/h1-8,13,19H,9H2/t13-/m1/s1. The van der Waals surface area contributed by atoms with Gasteiger partial charge in [0, 0.05) is 11.4 Å². The van der Waals surface area contributed by atoms with Crippen molar-refractivity contribution in [3.8, 4) is 0 Å². The third-order valence-electron chi connectivity index (χ3n) is 3.57. The van der Waals surface area contributed by atoms with Crippen LogP contribution in [0.5, 0.6) is 0 Å². The van der Waals surface area contributed by atoms with Gasteiger partial charge in [-0.25, -0.2) is 4.98 Å². The fourth-order valence-corrected chi connectivity index (χ4v) is 3.55. The zero-order chi connectivity index (χ0) is 14.2. The number of nitrogens with one attached hydrogen (secondary N) is 1. The van der Waals surface area contributed by atoms with Gasteiger partial charge >= 0.3 is 0 Å². The van der Waals surface area contributed by atoms with E-state index in [1.165, 1.54) is 10.3 Å². The molecule has 0 bridgehead atoms. The Morgan fingerprint density at radius 1 is 1.10 bits per heavy atom. The van der Waals surface area contributed by atoms with E-state index < -0.39 is 0 Å². The van der Waals surface area contributed by atoms with E-state index in [0.29, 0.717) is 0 Å². The van der Waals surface area contributed by atoms with Gasteiger partial charge in [0.2, 0.25) is 0 Å². The summed E-state index contributed by atoms with van der Waals surface area (Å²) in [5.41, 5.74) is 6.45. The summed E-state index contributed by atoms with van der Waals surface area (Å²) < 4.78 is 1.20. The number of halogens is 1. The van der Waals surface area contributed by atoms with Gasteiger partial charge in [0.1, 0.15) is 5.01 Å². The van der Waals surface area contributed by atoms with Crippen LogP contribution in [0, 0.1) is 0 Å². The van der Waals surface area contributed by atoms with E-state index in [4.69, 9.17) is 11.6 Å². The summed E-state index contributed by atoms with van der Waals surface area (Å²) in [5, 5.41) is 6.22. The highest BCUT2D eigenvalue weighted by Crippen LogP contribution is 2.29. The molecule has 104 valence electrons. The zero-order valence-electron chi connectivity index (χ0n) is 11.1. The van der Waals surface area contributed by atoms with Crippen molar-refractivity contribution in [2.45, 2.75) is 12.5 Å². The first-order valence-corrected chi connectivity index (χ1v) is 7.92. The lowest BCUT2D eigenvalue weighted by molar-refractivity contribution is 0.620. The van der Waals surface area contributed by atoms with E-state index in [-0.39, 0.29) is 6.04 Å². The predicted octanol–water partition coefficient (Wildman–Crippen LogP) is 4.39. The minimum Gasteiger partial charge on any atom is -0.302 e. The molecule has 1 N–H and O–H groups in total. The van der Waals surface area contributed by atoms with Gasteiger partial charge in [-0.05, 0) is 29.8 Å². The van der Waals surface area contributed by atoms with Crippen molar-refractivity contribution >= 4 is 38.9 Å². The Balaban J connectivity index is 1.59. The molecule has 0 aliphatic carbocycles. The first-order valence-electron chi connectivity index (χ1n) is 6.73. The van der Waals surface area contributed by atoms with Gasteiger partial charge in [0.25, 0.3) is 0 Å². The number of benzene rings is 2. The number of hydrogen-bond donors (Lipinski definition) is 1. The molecular formula is C16H12ClN3S. The molecule has 0 amide bonds. The second-order valence-electron chi connectivity index (χ2n) is 4.98. The maximum Gasteiger partial charge on any atom is 0.140 e. The number of aromatic nitrogens is 1. The normalized spacial score (nSPS) is 17.8. The number of para-hydroxylation sites is 1. The lowest BCUT2D eigenvalue weighted by atomic mass is 10.0. The fourth-order valence-electron chi connectivity index (χ4n) is 2.46. The monoisotopic (exact) mass is 313 g/mol. The van der Waals surface area contributed by atoms with E-state index in [9.17, 15) is 0 Å². The molecule has 5 heteroatoms. The van der Waals surface area contributed by atoms with E-state index >= 15 is 0 Å². The first-order chi connectivity index (χ1) is 10.3. The molecule has 4 rings (SSSR count). The average Bonchev–Trinajstić information content (AvgIpc) is 3.14. The number of hydrazone groups is 1. The number of fused-ring (bicyclic) bond motifs is 1. The van der Waals surface area contributed by atoms with Gasteiger partial charge in [-0.2, -0.15) is 5.10 Å². The Morgan fingerprint density at radius 2 is 1.90 bits per heavy atom. The van der Waals surface area contributed by atoms with E-state index in [1.54, 1.807) is 11.3 Å². The minimum atomic E-state index is 0.198. The summed E-state index contributed by atoms with van der Waals surface area (Å²) in [5.74, 6) is 0. The molecule has 0 spiro atoms. The summed E-state index contributed by atoms with van der Waals surface area (Å²) in [6.07, 6.45) is 0.849. The summed E-state index contributed by atoms with van der Waals surface area (Å²) in [4.78, 5) is 4.66. The molecule has 0 saturated carbocycles. The van der Waals surface area contributed by atoms with Crippen LogP contribution in [0.2, 0.25) is 5.02 Å². The van der Waals surface area contributed by atoms with Gasteiger partial charge in [-0.1, -0.05) is 35.9 Å². The predicted molar refractivity (Wildman–Crippen MR) is 88.1 cm³/mol. The van der Waals surface area contributed by atoms with Crippen LogP contribution in [-0.4, -0.2) is 10.7 Å². The third-order valence-corrected chi connectivity index (χ3v) is 4.90. The molecule has 1 aliphatic heterocycles. The smallest absolute Gasteiger partial charge is 0.140 e. The van der Waals surface area contributed by atoms with Crippen molar-refractivity contribution in [1.82, 2.24) is 10.4 Å². The molecule has 3 nitrogen and oxygen atoms in total. The Hall–Kier alpha value is -1.91. The van der Waals surface area contributed by atoms with Crippen molar-refractivity contribution in [3.63, 3.8) is 0 Å². The van der Waals surface area contributed by atoms with Crippen LogP contribution in [-0.2, 0) is 0 Å². The first kappa shape index (κ1) is 12.8. The molecule has 1 atom stereocenters. The molecule has 3 aromatic rings. The second kappa shape index (κ2) is 5.13. The highest BCUT2D eigenvalue weighted by Gasteiger charge is 2.23. The summed E-state index contributed by atoms with van der Waals surface area (Å²) in [6, 6.07) is 16.3. The summed E-state index contributed by atoms with van der Waals surface area (Å²) in [7, 11) is 0. The van der Waals surface area contributed by atoms with Gasteiger partial charge in [0.05, 0.1) is 22.0 Å². The molecule has 0 fully saturated rings. The van der Waals surface area contributed by atoms with Crippen LogP contribution in [0.15, 0.2) is 53.6 Å². The lowest BCUT2D eigenvalue weighted by Gasteiger charge is -2.09. The van der Waals surface area contributed by atoms with Crippen molar-refractivity contribution < 1.29 is 0 Å². The molecule has 0 radical (unpaired) electrons. The number of rotatable bonds is 2. The summed E-state index contributed by atoms with van der Waals surface area (Å²) >= 11 is 7.62. The van der Waals surface area contributed by atoms with Crippen LogP contribution in [0.3, 0.4) is 0 Å². The topological polar surface area (TPSA) is 37.3 Å². The van der Waals surface area contributed by atoms with Crippen LogP contribution in [0.25, 0.3) is 10.2 Å². The highest BCUT2D eigenvalue weighted by atomic mass is 35.5. The Labute approximate surface area is 131 Å². The molecule has 1 aliphatic rings. The number of thiazole rings is 1. The van der Waals surface area contributed by atoms with E-state index in [0.717, 1.165) is 27.7 Å². The van der Waals surface area contributed by atoms with Crippen LogP contribution >= 0.6 is 22.9 Å². The lowest BCUT2D eigenvalue weighted by Crippen LogP contribution is -2.09. The molecule has 0 unspecified atom stereocenters. The minimum absolute atomic E-state index is 0.198. The summed E-state index contributed by atoms with van der Waals surface area (Å²) in [6.45, 7) is 0. The third kappa shape index (κ3) is 2.41. The molecule has 2 aromatic carbocycles. The van der Waals surface area contributed by atoms with Crippen LogP contribution < -0.4 is 5.43 Å². The van der Waals surface area contributed by atoms with Gasteiger partial charge in [-0.15, -0.1) is 11.3 Å². The average molecular weight is 314 g/mol. The van der Waals surface area contributed by atoms with Crippen molar-refractivity contribution in [2.75, 3.05) is 0 Å². The number of nitrogens with zero attached hydrogens (tertiary/aromatic N) is 2. The Morgan fingerprint density at radius 3 is 2.71 bits per heavy atom. The van der Waals surface area contributed by atoms with Crippen LogP contribution in [0.1, 0.15) is 23.0 Å². The van der Waals surface area contributed by atoms with Crippen molar-refractivity contribution in [3.05, 3.63) is 64.1 Å². The Bertz CT molecular complexity index is 790. The largest absolute Gasteiger partial charge is 0.302 e. The quantitative estimate of drug-likeness (QED) is 0.762. The zero-order valence-corrected chi connectivity index (χ0v) is 12.7. The number of hydrogen-bond acceptors (Lipinski definition) is 4. The van der Waals surface area contributed by atoms with E-state index in [2.05, 4.69) is 21.6 Å². The second-order valence-corrected chi connectivity index (χ2v) is 6.45. The SMILES string of the molecule is Clc1ccc([C@H]2CC(c3nc4ccccc4s3)=NN2)cc1. The molecule has 21 heavy (non-hydrogen) atoms. The molecule has 0 saturated heterocycles. The Kier molecular flexibility index (Phi) is 3.13. The maximum absolute atomic E-state index is 5.93. The van der Waals surface area contributed by atoms with Crippen molar-refractivity contribution in [2.24, 2.45) is 5.10 Å². The van der Waals surface area contributed by atoms with E-state index in [1.807, 2.05) is 42.5 Å². The van der Waals surface area contributed by atoms with Crippen molar-refractivity contribution in [1.29, 1.82) is 0 Å². The molecule has 2 heterocycles. The maximum atomic E-state index is 5.93. The molecule has 1 aromatic heterocycles. The van der Waals surface area contributed by atoms with Crippen LogP contribution in [0.4, 0.5) is 0 Å². The van der Waals surface area contributed by atoms with Gasteiger partial charge in [-0.3, -0.25) is 0 Å².